The SMILES string of the molecule is COc1cccc2nc3n(c12)-c1n(c2cccc(I)c2[n+]1C)CC3. The Labute approximate surface area is 152 Å². The number of fused-ring (bicyclic) bond motifs is 7. The van der Waals surface area contributed by atoms with Crippen LogP contribution in [0.1, 0.15) is 5.82 Å². The first-order valence-corrected chi connectivity index (χ1v) is 9.00. The molecule has 2 aromatic heterocycles. The van der Waals surface area contributed by atoms with Gasteiger partial charge >= 0.3 is 5.95 Å². The number of rotatable bonds is 1. The molecule has 5 nitrogen and oxygen atoms in total. The zero-order valence-corrected chi connectivity index (χ0v) is 15.6. The Balaban J connectivity index is 1.98. The number of halogens is 1. The highest BCUT2D eigenvalue weighted by molar-refractivity contribution is 14.1. The van der Waals surface area contributed by atoms with Crippen LogP contribution in [0.4, 0.5) is 0 Å². The third-order valence-corrected chi connectivity index (χ3v) is 5.69. The first kappa shape index (κ1) is 14.3. The maximum Gasteiger partial charge on any atom is 0.371 e. The van der Waals surface area contributed by atoms with Gasteiger partial charge in [-0.25, -0.2) is 14.1 Å². The van der Waals surface area contributed by atoms with Crippen molar-refractivity contribution in [1.29, 1.82) is 0 Å². The number of benzene rings is 2. The number of hydrogen-bond donors (Lipinski definition) is 0. The minimum absolute atomic E-state index is 0.861. The fourth-order valence-electron chi connectivity index (χ4n) is 3.84. The summed E-state index contributed by atoms with van der Waals surface area (Å²) in [6.07, 6.45) is 0.917. The molecular weight excluding hydrogens is 415 g/mol. The van der Waals surface area contributed by atoms with Crippen LogP contribution in [-0.2, 0) is 20.0 Å². The molecule has 2 aromatic carbocycles. The highest BCUT2D eigenvalue weighted by Gasteiger charge is 2.34. The van der Waals surface area contributed by atoms with Gasteiger partial charge < -0.3 is 4.74 Å². The molecule has 1 aliphatic rings. The van der Waals surface area contributed by atoms with Crippen molar-refractivity contribution in [2.24, 2.45) is 7.05 Å². The summed E-state index contributed by atoms with van der Waals surface area (Å²) >= 11 is 2.41. The molecule has 1 aliphatic heterocycles. The van der Waals surface area contributed by atoms with Gasteiger partial charge in [-0.3, -0.25) is 0 Å². The summed E-state index contributed by atoms with van der Waals surface area (Å²) in [5.74, 6) is 3.09. The summed E-state index contributed by atoms with van der Waals surface area (Å²) in [7, 11) is 3.85. The van der Waals surface area contributed by atoms with Crippen LogP contribution in [0, 0.1) is 3.57 Å². The molecule has 0 fully saturated rings. The third-order valence-electron chi connectivity index (χ3n) is 4.82. The first-order chi connectivity index (χ1) is 11.7. The van der Waals surface area contributed by atoms with Crippen LogP contribution in [0.2, 0.25) is 0 Å². The van der Waals surface area contributed by atoms with Crippen molar-refractivity contribution in [2.75, 3.05) is 7.11 Å². The van der Waals surface area contributed by atoms with Crippen LogP contribution >= 0.6 is 22.6 Å². The standard InChI is InChI=1S/C18H16IN4O/c1-21-16-11(19)5-3-7-13(16)22-10-9-15-20-12-6-4-8-14(24-2)17(12)23(15)18(21)22/h3-8H,9-10H2,1-2H3/q+1. The zero-order valence-electron chi connectivity index (χ0n) is 13.5. The fourth-order valence-corrected chi connectivity index (χ4v) is 4.68. The van der Waals surface area contributed by atoms with E-state index in [1.54, 1.807) is 7.11 Å². The Bertz CT molecular complexity index is 1130. The van der Waals surface area contributed by atoms with E-state index in [0.717, 1.165) is 41.5 Å². The molecule has 4 aromatic rings. The quantitative estimate of drug-likeness (QED) is 0.343. The summed E-state index contributed by atoms with van der Waals surface area (Å²) in [5.41, 5.74) is 4.56. The van der Waals surface area contributed by atoms with Crippen LogP contribution in [-0.4, -0.2) is 21.2 Å². The van der Waals surface area contributed by atoms with Crippen molar-refractivity contribution < 1.29 is 9.30 Å². The Morgan fingerprint density at radius 2 is 2.04 bits per heavy atom. The first-order valence-electron chi connectivity index (χ1n) is 7.92. The molecule has 0 saturated heterocycles. The van der Waals surface area contributed by atoms with E-state index in [2.05, 4.69) is 67.6 Å². The van der Waals surface area contributed by atoms with E-state index in [9.17, 15) is 0 Å². The maximum atomic E-state index is 5.62. The van der Waals surface area contributed by atoms with Crippen LogP contribution < -0.4 is 9.30 Å². The molecule has 6 heteroatoms. The minimum Gasteiger partial charge on any atom is -0.493 e. The third kappa shape index (κ3) is 1.69. The molecular formula is C18H16IN4O+. The Morgan fingerprint density at radius 3 is 2.88 bits per heavy atom. The lowest BCUT2D eigenvalue weighted by atomic mass is 10.3. The molecule has 120 valence electrons. The molecule has 24 heavy (non-hydrogen) atoms. The van der Waals surface area contributed by atoms with Gasteiger partial charge in [-0.2, -0.15) is 4.57 Å². The van der Waals surface area contributed by atoms with Gasteiger partial charge in [0, 0.05) is 0 Å². The number of imidazole rings is 2. The molecule has 0 unspecified atom stereocenters. The lowest BCUT2D eigenvalue weighted by Gasteiger charge is -2.12. The van der Waals surface area contributed by atoms with Gasteiger partial charge in [-0.1, -0.05) is 12.1 Å². The van der Waals surface area contributed by atoms with Gasteiger partial charge in [0.25, 0.3) is 0 Å². The van der Waals surface area contributed by atoms with Crippen molar-refractivity contribution in [1.82, 2.24) is 14.1 Å². The lowest BCUT2D eigenvalue weighted by molar-refractivity contribution is -0.640. The number of hydrogen-bond acceptors (Lipinski definition) is 2. The molecule has 0 spiro atoms. The van der Waals surface area contributed by atoms with E-state index < -0.39 is 0 Å². The monoisotopic (exact) mass is 431 g/mol. The summed E-state index contributed by atoms with van der Waals surface area (Å²) in [4.78, 5) is 4.85. The van der Waals surface area contributed by atoms with E-state index >= 15 is 0 Å². The summed E-state index contributed by atoms with van der Waals surface area (Å²) < 4.78 is 13.8. The molecule has 0 N–H and O–H groups in total. The van der Waals surface area contributed by atoms with Crippen LogP contribution in [0.15, 0.2) is 36.4 Å². The van der Waals surface area contributed by atoms with Gasteiger partial charge in [0.05, 0.1) is 30.7 Å². The second-order valence-electron chi connectivity index (χ2n) is 6.06. The second kappa shape index (κ2) is 4.95. The van der Waals surface area contributed by atoms with Crippen molar-refractivity contribution in [3.8, 4) is 11.7 Å². The molecule has 0 aliphatic carbocycles. The van der Waals surface area contributed by atoms with Gasteiger partial charge in [0.15, 0.2) is 22.6 Å². The van der Waals surface area contributed by atoms with Crippen molar-refractivity contribution in [3.63, 3.8) is 0 Å². The zero-order chi connectivity index (χ0) is 16.4. The van der Waals surface area contributed by atoms with Crippen LogP contribution in [0.3, 0.4) is 0 Å². The molecule has 0 bridgehead atoms. The Hall–Kier alpha value is -2.09. The Morgan fingerprint density at radius 1 is 1.21 bits per heavy atom. The lowest BCUT2D eigenvalue weighted by Crippen LogP contribution is -2.36. The van der Waals surface area contributed by atoms with Crippen LogP contribution in [0.5, 0.6) is 5.75 Å². The van der Waals surface area contributed by atoms with Crippen LogP contribution in [0.25, 0.3) is 28.0 Å². The number of ether oxygens (including phenoxy) is 1. The van der Waals surface area contributed by atoms with E-state index in [1.807, 2.05) is 12.1 Å². The highest BCUT2D eigenvalue weighted by atomic mass is 127. The van der Waals surface area contributed by atoms with Crippen molar-refractivity contribution >= 4 is 44.7 Å². The molecule has 0 amide bonds. The smallest absolute Gasteiger partial charge is 0.371 e. The number of para-hydroxylation sites is 2. The summed E-state index contributed by atoms with van der Waals surface area (Å²) in [6, 6.07) is 12.5. The fraction of sp³-hybridized carbons (Fsp3) is 0.222. The average Bonchev–Trinajstić information content (AvgIpc) is 3.11. The van der Waals surface area contributed by atoms with Gasteiger partial charge in [0.1, 0.15) is 11.0 Å². The maximum absolute atomic E-state index is 5.62. The van der Waals surface area contributed by atoms with Gasteiger partial charge in [0.2, 0.25) is 0 Å². The second-order valence-corrected chi connectivity index (χ2v) is 7.22. The average molecular weight is 431 g/mol. The highest BCUT2D eigenvalue weighted by Crippen LogP contribution is 2.33. The van der Waals surface area contributed by atoms with E-state index in [0.29, 0.717) is 0 Å². The summed E-state index contributed by atoms with van der Waals surface area (Å²) in [6.45, 7) is 0.943. The minimum atomic E-state index is 0.861. The molecule has 3 heterocycles. The Kier molecular flexibility index (Phi) is 2.94. The molecule has 0 saturated carbocycles. The van der Waals surface area contributed by atoms with Gasteiger partial charge in [-0.15, -0.1) is 0 Å². The normalized spacial score (nSPS) is 13.3. The number of nitrogens with zero attached hydrogens (tertiary/aromatic N) is 4. The predicted molar refractivity (Wildman–Crippen MR) is 101 cm³/mol. The molecule has 0 radical (unpaired) electrons. The van der Waals surface area contributed by atoms with E-state index in [4.69, 9.17) is 9.72 Å². The molecule has 5 rings (SSSR count). The topological polar surface area (TPSA) is 35.9 Å². The number of methoxy groups -OCH3 is 1. The number of aryl methyl sites for hydroxylation is 3. The van der Waals surface area contributed by atoms with Crippen molar-refractivity contribution in [3.05, 3.63) is 45.8 Å². The number of aromatic nitrogens is 4. The largest absolute Gasteiger partial charge is 0.493 e. The van der Waals surface area contributed by atoms with E-state index in [-0.39, 0.29) is 0 Å². The molecule has 0 atom stereocenters. The summed E-state index contributed by atoms with van der Waals surface area (Å²) in [5, 5.41) is 0. The van der Waals surface area contributed by atoms with Gasteiger partial charge in [-0.05, 0) is 46.9 Å². The van der Waals surface area contributed by atoms with E-state index in [1.165, 1.54) is 14.6 Å². The van der Waals surface area contributed by atoms with Crippen molar-refractivity contribution in [2.45, 2.75) is 13.0 Å². The predicted octanol–water partition coefficient (Wildman–Crippen LogP) is 2.97.